The molecule has 0 aliphatic heterocycles. The van der Waals surface area contributed by atoms with Crippen molar-refractivity contribution in [1.29, 1.82) is 5.26 Å². The van der Waals surface area contributed by atoms with Crippen molar-refractivity contribution in [3.63, 3.8) is 0 Å². The highest BCUT2D eigenvalue weighted by Gasteiger charge is 2.28. The molecule has 1 saturated carbocycles. The molecule has 3 nitrogen and oxygen atoms in total. The van der Waals surface area contributed by atoms with E-state index in [1.165, 1.54) is 19.3 Å². The monoisotopic (exact) mass is 236 g/mol. The predicted molar refractivity (Wildman–Crippen MR) is 68.2 cm³/mol. The SMILES string of the molecule is CCC1CCC(N(C)C(=O)C(C#N)CC)CC1. The van der Waals surface area contributed by atoms with Gasteiger partial charge < -0.3 is 4.90 Å². The smallest absolute Gasteiger partial charge is 0.239 e. The van der Waals surface area contributed by atoms with Crippen LogP contribution in [0.3, 0.4) is 0 Å². The highest BCUT2D eigenvalue weighted by atomic mass is 16.2. The van der Waals surface area contributed by atoms with Crippen molar-refractivity contribution in [2.75, 3.05) is 7.05 Å². The van der Waals surface area contributed by atoms with Crippen LogP contribution in [0.4, 0.5) is 0 Å². The van der Waals surface area contributed by atoms with Gasteiger partial charge in [0.1, 0.15) is 5.92 Å². The third-order valence-electron chi connectivity index (χ3n) is 4.15. The third kappa shape index (κ3) is 3.46. The Morgan fingerprint density at radius 3 is 2.35 bits per heavy atom. The van der Waals surface area contributed by atoms with Gasteiger partial charge in [0.25, 0.3) is 0 Å². The minimum absolute atomic E-state index is 0.00921. The summed E-state index contributed by atoms with van der Waals surface area (Å²) >= 11 is 0. The van der Waals surface area contributed by atoms with E-state index in [-0.39, 0.29) is 5.91 Å². The number of amides is 1. The summed E-state index contributed by atoms with van der Waals surface area (Å²) in [5.41, 5.74) is 0. The molecule has 1 fully saturated rings. The number of hydrogen-bond acceptors (Lipinski definition) is 2. The second-order valence-electron chi connectivity index (χ2n) is 5.12. The molecule has 0 bridgehead atoms. The van der Waals surface area contributed by atoms with Crippen molar-refractivity contribution in [3.8, 4) is 6.07 Å². The molecule has 96 valence electrons. The van der Waals surface area contributed by atoms with Crippen LogP contribution in [0.5, 0.6) is 0 Å². The molecule has 0 N–H and O–H groups in total. The van der Waals surface area contributed by atoms with E-state index in [0.717, 1.165) is 18.8 Å². The van der Waals surface area contributed by atoms with Crippen molar-refractivity contribution in [3.05, 3.63) is 0 Å². The lowest BCUT2D eigenvalue weighted by Crippen LogP contribution is -2.42. The number of rotatable bonds is 4. The van der Waals surface area contributed by atoms with Crippen LogP contribution in [0.2, 0.25) is 0 Å². The van der Waals surface area contributed by atoms with E-state index in [9.17, 15) is 4.79 Å². The third-order valence-corrected chi connectivity index (χ3v) is 4.15. The first kappa shape index (κ1) is 14.0. The molecule has 1 atom stereocenters. The normalized spacial score (nSPS) is 26.0. The predicted octanol–water partition coefficient (Wildman–Crippen LogP) is 2.96. The molecule has 1 rings (SSSR count). The molecule has 0 aromatic rings. The second kappa shape index (κ2) is 6.64. The molecule has 0 saturated heterocycles. The summed E-state index contributed by atoms with van der Waals surface area (Å²) in [6, 6.07) is 2.45. The molecule has 1 unspecified atom stereocenters. The summed E-state index contributed by atoms with van der Waals surface area (Å²) in [6.45, 7) is 4.14. The lowest BCUT2D eigenvalue weighted by Gasteiger charge is -2.35. The van der Waals surface area contributed by atoms with Crippen molar-refractivity contribution in [1.82, 2.24) is 4.90 Å². The van der Waals surface area contributed by atoms with E-state index in [2.05, 4.69) is 13.0 Å². The molecule has 0 aromatic heterocycles. The van der Waals surface area contributed by atoms with Crippen molar-refractivity contribution in [2.24, 2.45) is 11.8 Å². The van der Waals surface area contributed by atoms with Crippen LogP contribution in [0.1, 0.15) is 52.4 Å². The van der Waals surface area contributed by atoms with Gasteiger partial charge in [-0.3, -0.25) is 4.79 Å². The topological polar surface area (TPSA) is 44.1 Å². The Morgan fingerprint density at radius 2 is 1.94 bits per heavy atom. The summed E-state index contributed by atoms with van der Waals surface area (Å²) < 4.78 is 0. The first-order chi connectivity index (χ1) is 8.13. The van der Waals surface area contributed by atoms with E-state index >= 15 is 0 Å². The fraction of sp³-hybridized carbons (Fsp3) is 0.857. The average molecular weight is 236 g/mol. The molecule has 0 radical (unpaired) electrons. The Kier molecular flexibility index (Phi) is 5.47. The van der Waals surface area contributed by atoms with Crippen LogP contribution in [0, 0.1) is 23.2 Å². The lowest BCUT2D eigenvalue weighted by atomic mass is 9.84. The molecule has 0 aromatic carbocycles. The summed E-state index contributed by atoms with van der Waals surface area (Å²) in [4.78, 5) is 13.9. The van der Waals surface area contributed by atoms with Gasteiger partial charge in [0.2, 0.25) is 5.91 Å². The Bertz CT molecular complexity index is 287. The van der Waals surface area contributed by atoms with E-state index in [1.54, 1.807) is 0 Å². The van der Waals surface area contributed by atoms with Gasteiger partial charge in [-0.15, -0.1) is 0 Å². The van der Waals surface area contributed by atoms with Gasteiger partial charge in [0, 0.05) is 13.1 Å². The zero-order valence-electron chi connectivity index (χ0n) is 11.3. The second-order valence-corrected chi connectivity index (χ2v) is 5.12. The van der Waals surface area contributed by atoms with Crippen LogP contribution >= 0.6 is 0 Å². The summed E-state index contributed by atoms with van der Waals surface area (Å²) in [6.07, 6.45) is 6.51. The highest BCUT2D eigenvalue weighted by Crippen LogP contribution is 2.29. The molecule has 3 heteroatoms. The van der Waals surface area contributed by atoms with Crippen molar-refractivity contribution in [2.45, 2.75) is 58.4 Å². The minimum atomic E-state index is -0.455. The first-order valence-corrected chi connectivity index (χ1v) is 6.80. The number of carbonyl (C=O) groups is 1. The van der Waals surface area contributed by atoms with Gasteiger partial charge in [0.15, 0.2) is 0 Å². The average Bonchev–Trinajstić information content (AvgIpc) is 2.39. The molecule has 1 aliphatic rings. The Morgan fingerprint density at radius 1 is 1.35 bits per heavy atom. The fourth-order valence-electron chi connectivity index (χ4n) is 2.69. The lowest BCUT2D eigenvalue weighted by molar-refractivity contribution is -0.135. The largest absolute Gasteiger partial charge is 0.342 e. The molecule has 1 aliphatic carbocycles. The number of carbonyl (C=O) groups excluding carboxylic acids is 1. The molecule has 0 spiro atoms. The van der Waals surface area contributed by atoms with Gasteiger partial charge in [0.05, 0.1) is 6.07 Å². The van der Waals surface area contributed by atoms with Gasteiger partial charge in [-0.2, -0.15) is 5.26 Å². The fourth-order valence-corrected chi connectivity index (χ4v) is 2.69. The van der Waals surface area contributed by atoms with Gasteiger partial charge in [-0.05, 0) is 38.0 Å². The summed E-state index contributed by atoms with van der Waals surface area (Å²) in [5.74, 6) is 0.395. The van der Waals surface area contributed by atoms with Crippen LogP contribution in [-0.4, -0.2) is 23.9 Å². The van der Waals surface area contributed by atoms with Crippen LogP contribution < -0.4 is 0 Å². The number of nitrogens with zero attached hydrogens (tertiary/aromatic N) is 2. The number of hydrogen-bond donors (Lipinski definition) is 0. The zero-order valence-corrected chi connectivity index (χ0v) is 11.3. The van der Waals surface area contributed by atoms with Crippen molar-refractivity contribution >= 4 is 5.91 Å². The molecule has 17 heavy (non-hydrogen) atoms. The molecular formula is C14H24N2O. The number of nitriles is 1. The van der Waals surface area contributed by atoms with E-state index in [4.69, 9.17) is 5.26 Å². The standard InChI is InChI=1S/C14H24N2O/c1-4-11-6-8-13(9-7-11)16(3)14(17)12(5-2)10-15/h11-13H,4-9H2,1-3H3. The molecule has 1 amide bonds. The summed E-state index contributed by atoms with van der Waals surface area (Å²) in [5, 5.41) is 8.93. The van der Waals surface area contributed by atoms with Crippen molar-refractivity contribution < 1.29 is 4.79 Å². The van der Waals surface area contributed by atoms with Gasteiger partial charge >= 0.3 is 0 Å². The maximum Gasteiger partial charge on any atom is 0.239 e. The van der Waals surface area contributed by atoms with Gasteiger partial charge in [-0.1, -0.05) is 20.3 Å². The van der Waals surface area contributed by atoms with Crippen LogP contribution in [0.25, 0.3) is 0 Å². The Balaban J connectivity index is 2.51. The van der Waals surface area contributed by atoms with E-state index in [1.807, 2.05) is 18.9 Å². The minimum Gasteiger partial charge on any atom is -0.342 e. The van der Waals surface area contributed by atoms with Crippen LogP contribution in [-0.2, 0) is 4.79 Å². The van der Waals surface area contributed by atoms with Gasteiger partial charge in [-0.25, -0.2) is 0 Å². The summed E-state index contributed by atoms with van der Waals surface area (Å²) in [7, 11) is 1.86. The Labute approximate surface area is 105 Å². The maximum atomic E-state index is 12.1. The molecule has 0 heterocycles. The molecular weight excluding hydrogens is 212 g/mol. The first-order valence-electron chi connectivity index (χ1n) is 6.80. The zero-order chi connectivity index (χ0) is 12.8. The Hall–Kier alpha value is -1.04. The van der Waals surface area contributed by atoms with Crippen LogP contribution in [0.15, 0.2) is 0 Å². The quantitative estimate of drug-likeness (QED) is 0.753. The highest BCUT2D eigenvalue weighted by molar-refractivity contribution is 5.81. The maximum absolute atomic E-state index is 12.1. The van der Waals surface area contributed by atoms with E-state index < -0.39 is 5.92 Å². The van der Waals surface area contributed by atoms with E-state index in [0.29, 0.717) is 12.5 Å².